The molecular formula is C19H18F6LiO2P. The van der Waals surface area contributed by atoms with E-state index in [1.165, 1.54) is 24.3 Å². The van der Waals surface area contributed by atoms with Crippen molar-refractivity contribution in [2.45, 2.75) is 38.7 Å². The van der Waals surface area contributed by atoms with Gasteiger partial charge in [-0.2, -0.15) is 26.3 Å². The van der Waals surface area contributed by atoms with Gasteiger partial charge in [-0.15, -0.1) is 0 Å². The van der Waals surface area contributed by atoms with Crippen molar-refractivity contribution in [3.8, 4) is 5.75 Å². The van der Waals surface area contributed by atoms with Gasteiger partial charge in [-0.05, 0) is 58.9 Å². The minimum Gasteiger partial charge on any atom is -1.00 e. The molecule has 0 spiro atoms. The maximum atomic E-state index is 13.2. The molecule has 2 rings (SSSR count). The van der Waals surface area contributed by atoms with Crippen LogP contribution in [0.3, 0.4) is 0 Å². The molecule has 154 valence electrons. The van der Waals surface area contributed by atoms with E-state index in [-0.39, 0.29) is 20.3 Å². The Morgan fingerprint density at radius 2 is 1.31 bits per heavy atom. The molecule has 29 heavy (non-hydrogen) atoms. The predicted octanol–water partition coefficient (Wildman–Crippen LogP) is 3.16. The number of carbonyl (C=O) groups is 1. The summed E-state index contributed by atoms with van der Waals surface area (Å²) in [6.07, 6.45) is -10.2. The molecule has 0 aliphatic carbocycles. The van der Waals surface area contributed by atoms with Crippen molar-refractivity contribution < 1.29 is 56.2 Å². The van der Waals surface area contributed by atoms with Crippen molar-refractivity contribution >= 4 is 19.4 Å². The fraction of sp³-hybridized carbons (Fsp3) is 0.316. The number of benzene rings is 2. The van der Waals surface area contributed by atoms with Gasteiger partial charge in [0.1, 0.15) is 11.4 Å². The van der Waals surface area contributed by atoms with E-state index in [1.807, 2.05) is 20.8 Å². The predicted molar refractivity (Wildman–Crippen MR) is 96.7 cm³/mol. The smallest absolute Gasteiger partial charge is 1.00 e. The summed E-state index contributed by atoms with van der Waals surface area (Å²) in [7, 11) is -0.903. The molecule has 0 aromatic heterocycles. The fourth-order valence-electron chi connectivity index (χ4n) is 2.42. The standard InChI is InChI=1S/C19H17F6O2P.Li.H/c1-17(2,3)27-11-7-9-12(10-8-11)28-16(26)15-13(18(20,21)22)5-4-6-14(15)19(23,24)25;;/h4-10,28H,1-3H3;;/q;+1;-1. The molecule has 2 aromatic rings. The van der Waals surface area contributed by atoms with Crippen LogP contribution in [0.5, 0.6) is 5.75 Å². The summed E-state index contributed by atoms with van der Waals surface area (Å²) < 4.78 is 84.8. The molecule has 1 unspecified atom stereocenters. The van der Waals surface area contributed by atoms with Gasteiger partial charge in [0.05, 0.1) is 11.1 Å². The summed E-state index contributed by atoms with van der Waals surface area (Å²) in [4.78, 5) is 12.4. The number of ether oxygens (including phenoxy) is 1. The van der Waals surface area contributed by atoms with Crippen LogP contribution in [-0.2, 0) is 12.4 Å². The molecule has 0 fully saturated rings. The Bertz CT molecular complexity index is 829. The van der Waals surface area contributed by atoms with Crippen molar-refractivity contribution in [3.05, 3.63) is 59.2 Å². The van der Waals surface area contributed by atoms with E-state index in [0.717, 1.165) is 0 Å². The quantitative estimate of drug-likeness (QED) is 0.423. The van der Waals surface area contributed by atoms with E-state index in [0.29, 0.717) is 29.3 Å². The normalized spacial score (nSPS) is 12.7. The molecule has 0 aliphatic heterocycles. The Morgan fingerprint density at radius 1 is 0.862 bits per heavy atom. The average molecular weight is 430 g/mol. The largest absolute Gasteiger partial charge is 1.00 e. The zero-order valence-electron chi connectivity index (χ0n) is 17.1. The third-order valence-electron chi connectivity index (χ3n) is 3.44. The number of hydrogen-bond acceptors (Lipinski definition) is 2. The van der Waals surface area contributed by atoms with E-state index in [4.69, 9.17) is 4.74 Å². The first-order valence-electron chi connectivity index (χ1n) is 8.06. The fourth-order valence-corrected chi connectivity index (χ4v) is 3.41. The molecule has 0 amide bonds. The van der Waals surface area contributed by atoms with Gasteiger partial charge in [0, 0.05) is 5.56 Å². The molecule has 0 N–H and O–H groups in total. The van der Waals surface area contributed by atoms with E-state index in [2.05, 4.69) is 0 Å². The van der Waals surface area contributed by atoms with Gasteiger partial charge in [-0.1, -0.05) is 18.2 Å². The molecular weight excluding hydrogens is 412 g/mol. The first-order valence-corrected chi connectivity index (χ1v) is 9.06. The zero-order chi connectivity index (χ0) is 21.3. The number of alkyl halides is 6. The first-order chi connectivity index (χ1) is 12.7. The Balaban J connectivity index is 0.00000420. The number of halogens is 6. The van der Waals surface area contributed by atoms with Crippen LogP contribution in [-0.4, -0.2) is 11.1 Å². The van der Waals surface area contributed by atoms with E-state index < -0.39 is 48.7 Å². The molecule has 0 aliphatic rings. The summed E-state index contributed by atoms with van der Waals surface area (Å²) >= 11 is 0. The van der Waals surface area contributed by atoms with Crippen LogP contribution in [0.2, 0.25) is 0 Å². The Hall–Kier alpha value is -1.48. The van der Waals surface area contributed by atoms with Gasteiger partial charge in [-0.3, -0.25) is 4.79 Å². The molecule has 0 bridgehead atoms. The molecule has 1 atom stereocenters. The second-order valence-corrected chi connectivity index (χ2v) is 8.20. The minimum atomic E-state index is -5.08. The molecule has 0 radical (unpaired) electrons. The van der Waals surface area contributed by atoms with Gasteiger partial charge >= 0.3 is 31.2 Å². The van der Waals surface area contributed by atoms with Crippen LogP contribution in [0, 0.1) is 0 Å². The summed E-state index contributed by atoms with van der Waals surface area (Å²) in [5.41, 5.74) is -6.24. The second-order valence-electron chi connectivity index (χ2n) is 6.92. The average Bonchev–Trinajstić information content (AvgIpc) is 2.53. The zero-order valence-corrected chi connectivity index (χ0v) is 17.1. The first kappa shape index (κ1) is 25.6. The molecule has 0 heterocycles. The van der Waals surface area contributed by atoms with Crippen molar-refractivity contribution in [2.75, 3.05) is 0 Å². The Morgan fingerprint density at radius 3 is 1.69 bits per heavy atom. The van der Waals surface area contributed by atoms with Crippen LogP contribution < -0.4 is 28.9 Å². The van der Waals surface area contributed by atoms with E-state index in [1.54, 1.807) is 0 Å². The van der Waals surface area contributed by atoms with Crippen molar-refractivity contribution in [1.82, 2.24) is 0 Å². The number of carbonyl (C=O) groups excluding carboxylic acids is 1. The third kappa shape index (κ3) is 7.06. The van der Waals surface area contributed by atoms with Gasteiger partial charge in [0.2, 0.25) is 0 Å². The summed E-state index contributed by atoms with van der Waals surface area (Å²) in [5, 5.41) is 0.302. The number of hydrogen-bond donors (Lipinski definition) is 0. The third-order valence-corrected chi connectivity index (χ3v) is 4.54. The van der Waals surface area contributed by atoms with E-state index in [9.17, 15) is 31.1 Å². The maximum Gasteiger partial charge on any atom is 1.00 e. The van der Waals surface area contributed by atoms with Crippen LogP contribution in [0.1, 0.15) is 43.7 Å². The van der Waals surface area contributed by atoms with Crippen LogP contribution in [0.15, 0.2) is 42.5 Å². The van der Waals surface area contributed by atoms with Crippen molar-refractivity contribution in [3.63, 3.8) is 0 Å². The molecule has 0 saturated carbocycles. The summed E-state index contributed by atoms with van der Waals surface area (Å²) in [6, 6.07) is 7.52. The topological polar surface area (TPSA) is 26.3 Å². The van der Waals surface area contributed by atoms with Crippen LogP contribution in [0.25, 0.3) is 0 Å². The Labute approximate surface area is 179 Å². The summed E-state index contributed by atoms with van der Waals surface area (Å²) in [5.74, 6) is 0.472. The minimum absolute atomic E-state index is 0. The van der Waals surface area contributed by atoms with Gasteiger partial charge in [0.25, 0.3) is 0 Å². The molecule has 2 nitrogen and oxygen atoms in total. The van der Waals surface area contributed by atoms with Gasteiger partial charge in [0.15, 0.2) is 5.52 Å². The van der Waals surface area contributed by atoms with Gasteiger partial charge in [-0.25, -0.2) is 0 Å². The molecule has 10 heteroatoms. The Kier molecular flexibility index (Phi) is 8.03. The van der Waals surface area contributed by atoms with Crippen molar-refractivity contribution in [1.29, 1.82) is 0 Å². The number of rotatable bonds is 4. The summed E-state index contributed by atoms with van der Waals surface area (Å²) in [6.45, 7) is 5.46. The van der Waals surface area contributed by atoms with E-state index >= 15 is 0 Å². The SMILES string of the molecule is CC(C)(C)Oc1ccc(PC(=O)c2c(C(F)(F)F)cccc2C(F)(F)F)cc1.[H-].[Li+]. The van der Waals surface area contributed by atoms with Crippen molar-refractivity contribution in [2.24, 2.45) is 0 Å². The van der Waals surface area contributed by atoms with Crippen LogP contribution >= 0.6 is 8.58 Å². The van der Waals surface area contributed by atoms with Gasteiger partial charge < -0.3 is 6.16 Å². The van der Waals surface area contributed by atoms with Crippen LogP contribution in [0.4, 0.5) is 26.3 Å². The second kappa shape index (κ2) is 9.12. The molecule has 2 aromatic carbocycles. The monoisotopic (exact) mass is 430 g/mol. The maximum absolute atomic E-state index is 13.2. The molecule has 0 saturated heterocycles.